The summed E-state index contributed by atoms with van der Waals surface area (Å²) < 4.78 is 0. The zero-order valence-corrected chi connectivity index (χ0v) is 12.6. The Morgan fingerprint density at radius 3 is 1.47 bits per heavy atom. The number of nitrogens with one attached hydrogen (secondary N) is 2. The predicted molar refractivity (Wildman–Crippen MR) is 75.8 cm³/mol. The van der Waals surface area contributed by atoms with Crippen molar-refractivity contribution in [3.05, 3.63) is 0 Å². The van der Waals surface area contributed by atoms with Crippen LogP contribution < -0.4 is 10.6 Å². The molecule has 9 heteroatoms. The van der Waals surface area contributed by atoms with Gasteiger partial charge < -0.3 is 10.6 Å². The molecule has 0 aromatic rings. The summed E-state index contributed by atoms with van der Waals surface area (Å²) in [6.07, 6.45) is 3.05. The third-order valence-corrected chi connectivity index (χ3v) is 2.50. The smallest absolute Gasteiger partial charge is 0.189 e. The molecule has 0 atom stereocenters. The predicted octanol–water partition coefficient (Wildman–Crippen LogP) is -0.172. The normalized spacial score (nSPS) is 9.88. The van der Waals surface area contributed by atoms with Crippen molar-refractivity contribution in [3.8, 4) is 0 Å². The standard InChI is InChI=1S/C8H16N6S2.Cu/c1-9-7(15)13(3)11-5-6-12-14(4)8(16)10-2;/h5-6H,1-4H3,(H,9,15)(H,10,16);. The fourth-order valence-corrected chi connectivity index (χ4v) is 0.782. The zero-order valence-electron chi connectivity index (χ0n) is 10.1. The molecular formula is C8H16CuN6S2. The zero-order chi connectivity index (χ0) is 12.6. The molecular weight excluding hydrogens is 308 g/mol. The fourth-order valence-electron chi connectivity index (χ4n) is 0.688. The van der Waals surface area contributed by atoms with Crippen molar-refractivity contribution in [2.45, 2.75) is 0 Å². The summed E-state index contributed by atoms with van der Waals surface area (Å²) in [6.45, 7) is 0. The maximum Gasteiger partial charge on any atom is 0.189 e. The van der Waals surface area contributed by atoms with Gasteiger partial charge in [-0.05, 0) is 24.4 Å². The first kappa shape index (κ1) is 18.6. The molecule has 17 heavy (non-hydrogen) atoms. The number of hydrogen-bond acceptors (Lipinski definition) is 4. The molecule has 0 heterocycles. The topological polar surface area (TPSA) is 55.3 Å². The van der Waals surface area contributed by atoms with E-state index >= 15 is 0 Å². The molecule has 0 fully saturated rings. The van der Waals surface area contributed by atoms with Crippen LogP contribution in [0, 0.1) is 0 Å². The first-order chi connectivity index (χ1) is 7.52. The van der Waals surface area contributed by atoms with Crippen LogP contribution in [0.5, 0.6) is 0 Å². The number of hydrazone groups is 2. The molecule has 101 valence electrons. The summed E-state index contributed by atoms with van der Waals surface area (Å²) in [7, 11) is 6.96. The van der Waals surface area contributed by atoms with Gasteiger partial charge in [-0.2, -0.15) is 10.2 Å². The van der Waals surface area contributed by atoms with Crippen molar-refractivity contribution < 1.29 is 17.1 Å². The van der Waals surface area contributed by atoms with Crippen molar-refractivity contribution in [1.29, 1.82) is 0 Å². The van der Waals surface area contributed by atoms with Crippen LogP contribution in [0.2, 0.25) is 0 Å². The van der Waals surface area contributed by atoms with E-state index in [4.69, 9.17) is 24.4 Å². The second kappa shape index (κ2) is 10.4. The molecule has 1 radical (unpaired) electrons. The first-order valence-corrected chi connectivity index (χ1v) is 5.32. The van der Waals surface area contributed by atoms with Gasteiger partial charge in [0.05, 0.1) is 12.4 Å². The monoisotopic (exact) mass is 323 g/mol. The Kier molecular flexibility index (Phi) is 11.4. The maximum absolute atomic E-state index is 4.95. The first-order valence-electron chi connectivity index (χ1n) is 4.50. The molecule has 0 unspecified atom stereocenters. The van der Waals surface area contributed by atoms with Crippen LogP contribution in [0.3, 0.4) is 0 Å². The number of thiocarbonyl (C=S) groups is 2. The summed E-state index contributed by atoms with van der Waals surface area (Å²) in [5.41, 5.74) is 0. The van der Waals surface area contributed by atoms with Crippen LogP contribution in [0.1, 0.15) is 0 Å². The molecule has 0 saturated carbocycles. The Morgan fingerprint density at radius 2 is 1.24 bits per heavy atom. The summed E-state index contributed by atoms with van der Waals surface area (Å²) in [5, 5.41) is 17.7. The van der Waals surface area contributed by atoms with E-state index in [0.29, 0.717) is 10.2 Å². The number of nitrogens with zero attached hydrogens (tertiary/aromatic N) is 4. The molecule has 2 N–H and O–H groups in total. The molecule has 0 saturated heterocycles. The van der Waals surface area contributed by atoms with E-state index in [2.05, 4.69) is 20.8 Å². The van der Waals surface area contributed by atoms with Gasteiger partial charge in [0.2, 0.25) is 0 Å². The second-order valence-electron chi connectivity index (χ2n) is 2.69. The second-order valence-corrected chi connectivity index (χ2v) is 3.46. The molecule has 0 rings (SSSR count). The third kappa shape index (κ3) is 8.03. The Morgan fingerprint density at radius 1 is 0.941 bits per heavy atom. The van der Waals surface area contributed by atoms with E-state index in [1.807, 2.05) is 0 Å². The molecule has 0 aliphatic rings. The van der Waals surface area contributed by atoms with Gasteiger partial charge >= 0.3 is 0 Å². The Balaban J connectivity index is 0. The van der Waals surface area contributed by atoms with Crippen molar-refractivity contribution in [2.75, 3.05) is 28.2 Å². The summed E-state index contributed by atoms with van der Waals surface area (Å²) in [4.78, 5) is 0. The molecule has 0 bridgehead atoms. The molecule has 0 amide bonds. The molecule has 0 aromatic carbocycles. The van der Waals surface area contributed by atoms with Gasteiger partial charge in [0.1, 0.15) is 0 Å². The van der Waals surface area contributed by atoms with E-state index < -0.39 is 0 Å². The minimum Gasteiger partial charge on any atom is -0.364 e. The van der Waals surface area contributed by atoms with Gasteiger partial charge in [0.15, 0.2) is 10.2 Å². The fraction of sp³-hybridized carbons (Fsp3) is 0.500. The largest absolute Gasteiger partial charge is 0.364 e. The Hall–Kier alpha value is -0.761. The van der Waals surface area contributed by atoms with Crippen LogP contribution in [0.15, 0.2) is 10.2 Å². The molecule has 6 nitrogen and oxygen atoms in total. The van der Waals surface area contributed by atoms with Gasteiger partial charge in [-0.3, -0.25) is 0 Å². The van der Waals surface area contributed by atoms with E-state index in [1.54, 1.807) is 28.2 Å². The molecule has 0 spiro atoms. The molecule has 0 aliphatic carbocycles. The van der Waals surface area contributed by atoms with Gasteiger partial charge in [-0.25, -0.2) is 10.0 Å². The van der Waals surface area contributed by atoms with Crippen LogP contribution >= 0.6 is 24.4 Å². The average Bonchev–Trinajstić information content (AvgIpc) is 2.31. The van der Waals surface area contributed by atoms with E-state index in [-0.39, 0.29) is 17.1 Å². The number of hydrogen-bond donors (Lipinski definition) is 2. The molecule has 0 aromatic heterocycles. The summed E-state index contributed by atoms with van der Waals surface area (Å²) >= 11 is 9.91. The van der Waals surface area contributed by atoms with Crippen molar-refractivity contribution in [3.63, 3.8) is 0 Å². The number of rotatable bonds is 3. The van der Waals surface area contributed by atoms with Crippen LogP contribution in [0.4, 0.5) is 0 Å². The van der Waals surface area contributed by atoms with E-state index in [0.717, 1.165) is 0 Å². The van der Waals surface area contributed by atoms with Crippen LogP contribution in [-0.2, 0) is 17.1 Å². The van der Waals surface area contributed by atoms with Gasteiger partial charge in [0.25, 0.3) is 0 Å². The van der Waals surface area contributed by atoms with Crippen LogP contribution in [0.25, 0.3) is 0 Å². The maximum atomic E-state index is 4.95. The quantitative estimate of drug-likeness (QED) is 0.325. The van der Waals surface area contributed by atoms with Crippen LogP contribution in [-0.4, -0.2) is 60.9 Å². The Labute approximate surface area is 123 Å². The summed E-state index contributed by atoms with van der Waals surface area (Å²) in [5.74, 6) is 0. The van der Waals surface area contributed by atoms with Crippen molar-refractivity contribution in [1.82, 2.24) is 20.7 Å². The third-order valence-electron chi connectivity index (χ3n) is 1.56. The molecule has 0 aliphatic heterocycles. The van der Waals surface area contributed by atoms with Gasteiger partial charge in [0, 0.05) is 45.3 Å². The van der Waals surface area contributed by atoms with Crippen molar-refractivity contribution >= 4 is 47.1 Å². The Bertz CT molecular complexity index is 276. The minimum absolute atomic E-state index is 0. The van der Waals surface area contributed by atoms with Crippen molar-refractivity contribution in [2.24, 2.45) is 10.2 Å². The van der Waals surface area contributed by atoms with Gasteiger partial charge in [-0.15, -0.1) is 0 Å². The van der Waals surface area contributed by atoms with Gasteiger partial charge in [-0.1, -0.05) is 0 Å². The minimum atomic E-state index is 0. The average molecular weight is 324 g/mol. The van der Waals surface area contributed by atoms with E-state index in [1.165, 1.54) is 22.4 Å². The van der Waals surface area contributed by atoms with E-state index in [9.17, 15) is 0 Å². The SMILES string of the molecule is CNC(=S)N(C)N=CC=NN(C)C(=S)NC.[Cu]. The summed E-state index contributed by atoms with van der Waals surface area (Å²) in [6, 6.07) is 0.